The molecule has 3 N–H and O–H groups in total. The van der Waals surface area contributed by atoms with Gasteiger partial charge in [-0.1, -0.05) is 12.1 Å². The van der Waals surface area contributed by atoms with Crippen molar-refractivity contribution in [2.24, 2.45) is 17.8 Å². The zero-order valence-electron chi connectivity index (χ0n) is 24.9. The van der Waals surface area contributed by atoms with Crippen LogP contribution in [0.1, 0.15) is 46.3 Å². The SMILES string of the molecule is O=C(Nc1nccc2c1CCc1cnccc1N2)c1cccc(Nc2ccnc3ccc([C@@]45C[C@@H]4[C@H]4CC[C@H]5COC4)cc23)c1. The van der Waals surface area contributed by atoms with Gasteiger partial charge in [0.15, 0.2) is 0 Å². The number of hydrogen-bond donors (Lipinski definition) is 3. The van der Waals surface area contributed by atoms with Crippen LogP contribution in [-0.4, -0.2) is 34.1 Å². The first kappa shape index (κ1) is 26.6. The fourth-order valence-corrected chi connectivity index (χ4v) is 8.34. The molecule has 1 amide bonds. The van der Waals surface area contributed by atoms with E-state index < -0.39 is 0 Å². The second kappa shape index (κ2) is 10.4. The minimum absolute atomic E-state index is 0.200. The Labute approximate surface area is 261 Å². The molecule has 0 spiro atoms. The molecule has 5 aromatic rings. The fraction of sp³-hybridized carbons (Fsp3) is 0.297. The Kier molecular flexibility index (Phi) is 6.13. The molecular formula is C37H34N6O2. The molecule has 10 rings (SSSR count). The van der Waals surface area contributed by atoms with Crippen molar-refractivity contribution < 1.29 is 9.53 Å². The number of ether oxygens (including phenoxy) is 1. The Morgan fingerprint density at radius 1 is 0.933 bits per heavy atom. The van der Waals surface area contributed by atoms with E-state index in [1.54, 1.807) is 12.4 Å². The molecule has 4 atom stereocenters. The summed E-state index contributed by atoms with van der Waals surface area (Å²) < 4.78 is 6.07. The van der Waals surface area contributed by atoms with Crippen LogP contribution in [0.25, 0.3) is 10.9 Å². The average molecular weight is 595 g/mol. The summed E-state index contributed by atoms with van der Waals surface area (Å²) in [7, 11) is 0. The number of pyridine rings is 3. The molecule has 3 aliphatic heterocycles. The Hall–Kier alpha value is -4.82. The first-order valence-corrected chi connectivity index (χ1v) is 16.0. The second-order valence-corrected chi connectivity index (χ2v) is 13.0. The second-order valence-electron chi connectivity index (χ2n) is 13.0. The van der Waals surface area contributed by atoms with Crippen molar-refractivity contribution in [1.82, 2.24) is 15.0 Å². The van der Waals surface area contributed by atoms with Gasteiger partial charge in [-0.2, -0.15) is 0 Å². The Balaban J connectivity index is 0.978. The van der Waals surface area contributed by atoms with Crippen LogP contribution in [0.15, 0.2) is 85.5 Å². The highest BCUT2D eigenvalue weighted by Crippen LogP contribution is 2.68. The van der Waals surface area contributed by atoms with E-state index in [1.807, 2.05) is 54.9 Å². The van der Waals surface area contributed by atoms with Crippen LogP contribution >= 0.6 is 0 Å². The molecule has 2 aromatic carbocycles. The van der Waals surface area contributed by atoms with Crippen molar-refractivity contribution in [3.63, 3.8) is 0 Å². The summed E-state index contributed by atoms with van der Waals surface area (Å²) in [4.78, 5) is 27.0. The molecule has 224 valence electrons. The van der Waals surface area contributed by atoms with Crippen molar-refractivity contribution >= 4 is 45.4 Å². The zero-order valence-corrected chi connectivity index (χ0v) is 24.9. The molecule has 0 radical (unpaired) electrons. The monoisotopic (exact) mass is 594 g/mol. The van der Waals surface area contributed by atoms with Crippen molar-refractivity contribution in [3.05, 3.63) is 108 Å². The third-order valence-corrected chi connectivity index (χ3v) is 10.7. The van der Waals surface area contributed by atoms with Gasteiger partial charge in [-0.05, 0) is 110 Å². The van der Waals surface area contributed by atoms with Gasteiger partial charge in [-0.15, -0.1) is 0 Å². The minimum atomic E-state index is -0.200. The van der Waals surface area contributed by atoms with Crippen LogP contribution < -0.4 is 16.0 Å². The lowest BCUT2D eigenvalue weighted by atomic mass is 9.71. The van der Waals surface area contributed by atoms with Gasteiger partial charge in [0.2, 0.25) is 0 Å². The highest BCUT2D eigenvalue weighted by Gasteiger charge is 2.65. The Morgan fingerprint density at radius 3 is 2.84 bits per heavy atom. The first-order valence-electron chi connectivity index (χ1n) is 16.0. The third-order valence-electron chi connectivity index (χ3n) is 10.7. The van der Waals surface area contributed by atoms with Crippen LogP contribution in [0, 0.1) is 17.8 Å². The Bertz CT molecular complexity index is 1970. The van der Waals surface area contributed by atoms with Gasteiger partial charge in [-0.25, -0.2) is 4.98 Å². The topological polar surface area (TPSA) is 101 Å². The van der Waals surface area contributed by atoms with Gasteiger partial charge in [0.05, 0.1) is 12.1 Å². The molecule has 8 heteroatoms. The standard InChI is InChI=1S/C37H34N6O2/c44-36(43-35-28-8-5-23-19-38-13-10-31(23)42-33(28)12-15-40-35)22-2-1-3-27(16-22)41-34-11-14-39-32-9-7-25(17-29(32)34)37-18-30(37)24-4-6-26(37)21-45-20-24/h1-3,7,9-17,19,24,26,30,42H,4-6,8,18,20-21H2,(H,39,41)(H,40,43,44)/t24-,26-,30+,37+/m0/s1. The van der Waals surface area contributed by atoms with Gasteiger partial charge in [0, 0.05) is 76.1 Å². The summed E-state index contributed by atoms with van der Waals surface area (Å²) in [5.41, 5.74) is 9.14. The summed E-state index contributed by atoms with van der Waals surface area (Å²) >= 11 is 0. The van der Waals surface area contributed by atoms with Gasteiger partial charge in [0.25, 0.3) is 5.91 Å². The molecular weight excluding hydrogens is 560 g/mol. The number of fused-ring (bicyclic) bond motifs is 6. The number of rotatable bonds is 5. The summed E-state index contributed by atoms with van der Waals surface area (Å²) in [6.07, 6.45) is 12.6. The number of hydrogen-bond acceptors (Lipinski definition) is 7. The predicted octanol–water partition coefficient (Wildman–Crippen LogP) is 7.18. The van der Waals surface area contributed by atoms with Crippen LogP contribution in [0.5, 0.6) is 0 Å². The maximum Gasteiger partial charge on any atom is 0.256 e. The average Bonchev–Trinajstić information content (AvgIpc) is 3.89. The normalized spacial score (nSPS) is 24.3. The first-order chi connectivity index (χ1) is 22.2. The molecule has 2 saturated heterocycles. The number of nitrogens with one attached hydrogen (secondary N) is 3. The summed E-state index contributed by atoms with van der Waals surface area (Å²) in [5.74, 6) is 2.39. The van der Waals surface area contributed by atoms with Gasteiger partial charge in [0.1, 0.15) is 5.82 Å². The lowest BCUT2D eigenvalue weighted by Gasteiger charge is -2.32. The largest absolute Gasteiger partial charge is 0.381 e. The predicted molar refractivity (Wildman–Crippen MR) is 175 cm³/mol. The number of aryl methyl sites for hydroxylation is 1. The van der Waals surface area contributed by atoms with E-state index in [9.17, 15) is 4.79 Å². The smallest absolute Gasteiger partial charge is 0.256 e. The molecule has 4 fully saturated rings. The van der Waals surface area contributed by atoms with Crippen LogP contribution in [0.4, 0.5) is 28.6 Å². The van der Waals surface area contributed by atoms with E-state index in [1.165, 1.54) is 24.8 Å². The number of nitrogens with zero attached hydrogens (tertiary/aromatic N) is 3. The molecule has 2 saturated carbocycles. The van der Waals surface area contributed by atoms with Crippen molar-refractivity contribution in [3.8, 4) is 0 Å². The van der Waals surface area contributed by atoms with Crippen LogP contribution in [0.2, 0.25) is 0 Å². The third kappa shape index (κ3) is 4.46. The molecule has 6 heterocycles. The molecule has 2 aliphatic carbocycles. The van der Waals surface area contributed by atoms with Gasteiger partial charge in [-0.3, -0.25) is 14.8 Å². The lowest BCUT2D eigenvalue weighted by Crippen LogP contribution is -2.30. The van der Waals surface area contributed by atoms with Crippen LogP contribution in [-0.2, 0) is 23.0 Å². The van der Waals surface area contributed by atoms with E-state index >= 15 is 0 Å². The maximum atomic E-state index is 13.5. The van der Waals surface area contributed by atoms with E-state index in [-0.39, 0.29) is 11.3 Å². The van der Waals surface area contributed by atoms with E-state index in [4.69, 9.17) is 4.74 Å². The molecule has 5 aliphatic rings. The van der Waals surface area contributed by atoms with Crippen molar-refractivity contribution in [2.45, 2.75) is 37.5 Å². The fourth-order valence-electron chi connectivity index (χ4n) is 8.34. The van der Waals surface area contributed by atoms with E-state index in [0.717, 1.165) is 76.8 Å². The molecule has 3 aromatic heterocycles. The number of benzene rings is 2. The van der Waals surface area contributed by atoms with Crippen LogP contribution in [0.3, 0.4) is 0 Å². The number of carbonyl (C=O) groups excluding carboxylic acids is 1. The van der Waals surface area contributed by atoms with Gasteiger partial charge < -0.3 is 20.7 Å². The summed E-state index contributed by atoms with van der Waals surface area (Å²) in [5, 5.41) is 11.3. The quantitative estimate of drug-likeness (QED) is 0.198. The van der Waals surface area contributed by atoms with Crippen molar-refractivity contribution in [1.29, 1.82) is 0 Å². The lowest BCUT2D eigenvalue weighted by molar-refractivity contribution is 0.102. The zero-order chi connectivity index (χ0) is 30.0. The number of aromatic nitrogens is 3. The molecule has 8 nitrogen and oxygen atoms in total. The highest BCUT2D eigenvalue weighted by molar-refractivity contribution is 6.05. The number of anilines is 5. The van der Waals surface area contributed by atoms with E-state index in [0.29, 0.717) is 23.2 Å². The van der Waals surface area contributed by atoms with Crippen molar-refractivity contribution in [2.75, 3.05) is 29.2 Å². The maximum absolute atomic E-state index is 13.5. The molecule has 0 unspecified atom stereocenters. The molecule has 45 heavy (non-hydrogen) atoms. The highest BCUT2D eigenvalue weighted by atomic mass is 16.5. The van der Waals surface area contributed by atoms with Gasteiger partial charge >= 0.3 is 0 Å². The summed E-state index contributed by atoms with van der Waals surface area (Å²) in [6, 6.07) is 20.4. The number of carbonyl (C=O) groups is 1. The number of amides is 1. The summed E-state index contributed by atoms with van der Waals surface area (Å²) in [6.45, 7) is 1.79. The Morgan fingerprint density at radius 2 is 1.87 bits per heavy atom. The van der Waals surface area contributed by atoms with E-state index in [2.05, 4.69) is 49.1 Å². The minimum Gasteiger partial charge on any atom is -0.381 e. The molecule has 2 bridgehead atoms.